The highest BCUT2D eigenvalue weighted by Gasteiger charge is 2.19. The number of rotatable bonds is 10. The van der Waals surface area contributed by atoms with E-state index in [2.05, 4.69) is 5.32 Å². The third-order valence-electron chi connectivity index (χ3n) is 5.14. The minimum absolute atomic E-state index is 0.0432. The number of hydrogen-bond acceptors (Lipinski definition) is 5. The lowest BCUT2D eigenvalue weighted by atomic mass is 10.0. The van der Waals surface area contributed by atoms with Crippen molar-refractivity contribution in [1.29, 1.82) is 0 Å². The van der Waals surface area contributed by atoms with E-state index in [1.807, 2.05) is 61.5 Å². The van der Waals surface area contributed by atoms with Crippen LogP contribution in [0.2, 0.25) is 0 Å². The zero-order valence-electron chi connectivity index (χ0n) is 18.6. The summed E-state index contributed by atoms with van der Waals surface area (Å²) in [5.41, 5.74) is 2.20. The number of nitrogens with zero attached hydrogens (tertiary/aromatic N) is 1. The summed E-state index contributed by atoms with van der Waals surface area (Å²) in [6.45, 7) is 0.304. The van der Waals surface area contributed by atoms with Gasteiger partial charge in [0.15, 0.2) is 12.4 Å². The second-order valence-corrected chi connectivity index (χ2v) is 7.53. The Morgan fingerprint density at radius 1 is 0.875 bits per heavy atom. The first kappa shape index (κ1) is 23.0. The van der Waals surface area contributed by atoms with Crippen LogP contribution in [0.25, 0.3) is 0 Å². The van der Waals surface area contributed by atoms with E-state index in [0.717, 1.165) is 11.3 Å². The van der Waals surface area contributed by atoms with Gasteiger partial charge in [-0.2, -0.15) is 0 Å². The first-order valence-electron chi connectivity index (χ1n) is 10.4. The lowest BCUT2D eigenvalue weighted by Crippen LogP contribution is -2.37. The minimum atomic E-state index is -0.226. The molecule has 0 bridgehead atoms. The van der Waals surface area contributed by atoms with Gasteiger partial charge in [-0.25, -0.2) is 0 Å². The smallest absolute Gasteiger partial charge is 0.258 e. The zero-order valence-corrected chi connectivity index (χ0v) is 18.6. The molecule has 0 saturated carbocycles. The van der Waals surface area contributed by atoms with Gasteiger partial charge in [-0.3, -0.25) is 9.59 Å². The molecular weight excluding hydrogens is 404 g/mol. The van der Waals surface area contributed by atoms with E-state index < -0.39 is 0 Å². The molecule has 0 heterocycles. The molecule has 1 N–H and O–H groups in total. The Balaban J connectivity index is 1.53. The van der Waals surface area contributed by atoms with Crippen molar-refractivity contribution in [3.63, 3.8) is 0 Å². The summed E-state index contributed by atoms with van der Waals surface area (Å²) in [5, 5.41) is 2.92. The maximum atomic E-state index is 12.5. The number of likely N-dealkylation sites (N-methyl/N-ethyl adjacent to an activating group) is 1. The molecule has 0 unspecified atom stereocenters. The molecule has 0 radical (unpaired) electrons. The molecule has 166 valence electrons. The summed E-state index contributed by atoms with van der Waals surface area (Å²) in [7, 11) is 5.55. The number of hydrogen-bond donors (Lipinski definition) is 1. The van der Waals surface area contributed by atoms with Gasteiger partial charge in [-0.15, -0.1) is 0 Å². The van der Waals surface area contributed by atoms with Crippen LogP contribution in [0.4, 0.5) is 0 Å². The number of para-hydroxylation sites is 1. The van der Waals surface area contributed by atoms with Gasteiger partial charge in [-0.05, 0) is 44.4 Å². The standard InChI is InChI=1S/C26H28N2O4/c1-28(2)23(22-11-7-8-12-24(22)31-3)17-27-25(29)18-32-21-15-13-20(14-16-21)26(30)19-9-5-4-6-10-19/h4-16,23H,17-18H2,1-3H3,(H,27,29)/t23-/m0/s1. The molecule has 0 aliphatic rings. The predicted molar refractivity (Wildman–Crippen MR) is 124 cm³/mol. The summed E-state index contributed by atoms with van der Waals surface area (Å²) in [6.07, 6.45) is 0. The number of carbonyl (C=O) groups excluding carboxylic acids is 2. The van der Waals surface area contributed by atoms with Crippen LogP contribution in [-0.2, 0) is 4.79 Å². The molecule has 0 spiro atoms. The fraction of sp³-hybridized carbons (Fsp3) is 0.231. The van der Waals surface area contributed by atoms with Crippen molar-refractivity contribution in [3.8, 4) is 11.5 Å². The number of amides is 1. The Hall–Kier alpha value is -3.64. The van der Waals surface area contributed by atoms with Crippen LogP contribution in [0.3, 0.4) is 0 Å². The number of ether oxygens (including phenoxy) is 2. The average Bonchev–Trinajstić information content (AvgIpc) is 2.83. The zero-order chi connectivity index (χ0) is 22.9. The molecule has 3 rings (SSSR count). The van der Waals surface area contributed by atoms with Crippen LogP contribution < -0.4 is 14.8 Å². The number of nitrogens with one attached hydrogen (secondary N) is 1. The Bertz CT molecular complexity index is 1030. The maximum Gasteiger partial charge on any atom is 0.258 e. The van der Waals surface area contributed by atoms with Crippen LogP contribution in [0.1, 0.15) is 27.5 Å². The maximum absolute atomic E-state index is 12.5. The van der Waals surface area contributed by atoms with Crippen molar-refractivity contribution in [2.24, 2.45) is 0 Å². The van der Waals surface area contributed by atoms with Crippen molar-refractivity contribution in [2.45, 2.75) is 6.04 Å². The van der Waals surface area contributed by atoms with Crippen molar-refractivity contribution in [2.75, 3.05) is 34.4 Å². The molecular formula is C26H28N2O4. The van der Waals surface area contributed by atoms with Gasteiger partial charge in [0.25, 0.3) is 5.91 Å². The van der Waals surface area contributed by atoms with E-state index in [0.29, 0.717) is 23.4 Å². The Labute approximate surface area is 188 Å². The number of carbonyl (C=O) groups is 2. The fourth-order valence-electron chi connectivity index (χ4n) is 3.38. The van der Waals surface area contributed by atoms with E-state index in [4.69, 9.17) is 9.47 Å². The van der Waals surface area contributed by atoms with Gasteiger partial charge < -0.3 is 19.7 Å². The van der Waals surface area contributed by atoms with Crippen molar-refractivity contribution in [1.82, 2.24) is 10.2 Å². The van der Waals surface area contributed by atoms with E-state index >= 15 is 0 Å². The Kier molecular flexibility index (Phi) is 8.00. The fourth-order valence-corrected chi connectivity index (χ4v) is 3.38. The minimum Gasteiger partial charge on any atom is -0.496 e. The first-order valence-corrected chi connectivity index (χ1v) is 10.4. The predicted octanol–water partition coefficient (Wildman–Crippen LogP) is 3.72. The summed E-state index contributed by atoms with van der Waals surface area (Å²) in [4.78, 5) is 26.9. The monoisotopic (exact) mass is 432 g/mol. The summed E-state index contributed by atoms with van der Waals surface area (Å²) >= 11 is 0. The summed E-state index contributed by atoms with van der Waals surface area (Å²) in [6, 6.07) is 23.6. The first-order chi connectivity index (χ1) is 15.5. The number of ketones is 1. The van der Waals surface area contributed by atoms with Gasteiger partial charge in [-0.1, -0.05) is 48.5 Å². The largest absolute Gasteiger partial charge is 0.496 e. The molecule has 3 aromatic rings. The quantitative estimate of drug-likeness (QED) is 0.495. The summed E-state index contributed by atoms with van der Waals surface area (Å²) < 4.78 is 11.0. The molecule has 0 aromatic heterocycles. The van der Waals surface area contributed by atoms with Crippen LogP contribution in [0.5, 0.6) is 11.5 Å². The van der Waals surface area contributed by atoms with Crippen LogP contribution in [0.15, 0.2) is 78.9 Å². The van der Waals surface area contributed by atoms with E-state index in [9.17, 15) is 9.59 Å². The van der Waals surface area contributed by atoms with Crippen molar-refractivity contribution < 1.29 is 19.1 Å². The second-order valence-electron chi connectivity index (χ2n) is 7.53. The topological polar surface area (TPSA) is 67.9 Å². The second kappa shape index (κ2) is 11.1. The highest BCUT2D eigenvalue weighted by molar-refractivity contribution is 6.08. The third-order valence-corrected chi connectivity index (χ3v) is 5.14. The van der Waals surface area contributed by atoms with Gasteiger partial charge in [0, 0.05) is 23.2 Å². The van der Waals surface area contributed by atoms with Crippen LogP contribution >= 0.6 is 0 Å². The third kappa shape index (κ3) is 5.95. The molecule has 6 heteroatoms. The number of benzene rings is 3. The number of methoxy groups -OCH3 is 1. The van der Waals surface area contributed by atoms with E-state index in [-0.39, 0.29) is 24.3 Å². The highest BCUT2D eigenvalue weighted by Crippen LogP contribution is 2.27. The van der Waals surface area contributed by atoms with Gasteiger partial charge in [0.05, 0.1) is 13.2 Å². The van der Waals surface area contributed by atoms with Crippen molar-refractivity contribution >= 4 is 11.7 Å². The Morgan fingerprint density at radius 3 is 2.16 bits per heavy atom. The molecule has 1 amide bonds. The van der Waals surface area contributed by atoms with E-state index in [1.165, 1.54) is 0 Å². The molecule has 6 nitrogen and oxygen atoms in total. The van der Waals surface area contributed by atoms with E-state index in [1.54, 1.807) is 43.5 Å². The SMILES string of the molecule is COc1ccccc1[C@H](CNC(=O)COc1ccc(C(=O)c2ccccc2)cc1)N(C)C. The molecule has 32 heavy (non-hydrogen) atoms. The molecule has 0 aliphatic carbocycles. The van der Waals surface area contributed by atoms with Gasteiger partial charge in [0.1, 0.15) is 11.5 Å². The molecule has 0 saturated heterocycles. The average molecular weight is 433 g/mol. The molecule has 0 aliphatic heterocycles. The lowest BCUT2D eigenvalue weighted by molar-refractivity contribution is -0.123. The van der Waals surface area contributed by atoms with Crippen LogP contribution in [-0.4, -0.2) is 50.9 Å². The van der Waals surface area contributed by atoms with Gasteiger partial charge in [0.2, 0.25) is 0 Å². The normalized spacial score (nSPS) is 11.6. The van der Waals surface area contributed by atoms with Crippen molar-refractivity contribution in [3.05, 3.63) is 95.6 Å². The lowest BCUT2D eigenvalue weighted by Gasteiger charge is -2.26. The summed E-state index contributed by atoms with van der Waals surface area (Å²) in [5.74, 6) is 1.03. The molecule has 3 aromatic carbocycles. The molecule has 1 atom stereocenters. The Morgan fingerprint density at radius 2 is 1.50 bits per heavy atom. The highest BCUT2D eigenvalue weighted by atomic mass is 16.5. The van der Waals surface area contributed by atoms with Gasteiger partial charge >= 0.3 is 0 Å². The molecule has 0 fully saturated rings. The van der Waals surface area contributed by atoms with Crippen LogP contribution in [0, 0.1) is 0 Å².